The summed E-state index contributed by atoms with van der Waals surface area (Å²) in [4.78, 5) is 17.3. The molecule has 140 valence electrons. The summed E-state index contributed by atoms with van der Waals surface area (Å²) in [6, 6.07) is 4.93. The molecule has 0 fully saturated rings. The molecule has 8 nitrogen and oxygen atoms in total. The fourth-order valence-corrected chi connectivity index (χ4v) is 3.02. The van der Waals surface area contributed by atoms with Crippen molar-refractivity contribution in [2.24, 2.45) is 0 Å². The summed E-state index contributed by atoms with van der Waals surface area (Å²) in [7, 11) is -3.99. The number of halogens is 3. The van der Waals surface area contributed by atoms with E-state index in [-0.39, 0.29) is 24.3 Å². The number of benzene rings is 1. The van der Waals surface area contributed by atoms with Crippen LogP contribution in [-0.4, -0.2) is 36.1 Å². The van der Waals surface area contributed by atoms with Crippen LogP contribution in [0.2, 0.25) is 0 Å². The Kier molecular flexibility index (Phi) is 5.44. The van der Waals surface area contributed by atoms with Gasteiger partial charge in [-0.2, -0.15) is 13.2 Å². The van der Waals surface area contributed by atoms with Crippen LogP contribution in [0.15, 0.2) is 35.6 Å². The van der Waals surface area contributed by atoms with E-state index in [2.05, 4.69) is 15.3 Å². The monoisotopic (exact) mass is 390 g/mol. The zero-order chi connectivity index (χ0) is 19.5. The highest BCUT2D eigenvalue weighted by atomic mass is 32.2. The Bertz CT molecular complexity index is 932. The number of aromatic nitrogens is 2. The summed E-state index contributed by atoms with van der Waals surface area (Å²) in [5, 5.41) is 12.9. The Morgan fingerprint density at radius 2 is 1.88 bits per heavy atom. The highest BCUT2D eigenvalue weighted by Gasteiger charge is 2.33. The summed E-state index contributed by atoms with van der Waals surface area (Å²) >= 11 is 0. The van der Waals surface area contributed by atoms with Crippen LogP contribution in [0.4, 0.5) is 24.7 Å². The standard InChI is InChI=1S/C14H13F3N4O4S/c1-26(24,25)13-11(21(22)23)12(19-8-20-13)18-7-6-9-4-2-3-5-10(9)14(15,16)17/h2-5,8H,6-7H2,1H3,(H,18,19,20). The predicted octanol–water partition coefficient (Wildman–Crippen LogP) is 2.46. The maximum atomic E-state index is 13.0. The van der Waals surface area contributed by atoms with Crippen molar-refractivity contribution in [2.45, 2.75) is 17.6 Å². The number of hydrogen-bond acceptors (Lipinski definition) is 7. The van der Waals surface area contributed by atoms with E-state index in [1.165, 1.54) is 18.2 Å². The smallest absolute Gasteiger partial charge is 0.364 e. The average molecular weight is 390 g/mol. The molecular formula is C14H13F3N4O4S. The molecule has 0 spiro atoms. The Labute approximate surface area is 146 Å². The molecule has 0 aliphatic rings. The molecular weight excluding hydrogens is 377 g/mol. The van der Waals surface area contributed by atoms with E-state index in [1.807, 2.05) is 0 Å². The fourth-order valence-electron chi connectivity index (χ4n) is 2.26. The van der Waals surface area contributed by atoms with Crippen LogP contribution < -0.4 is 5.32 Å². The molecule has 2 aromatic rings. The lowest BCUT2D eigenvalue weighted by Gasteiger charge is -2.13. The lowest BCUT2D eigenvalue weighted by Crippen LogP contribution is -2.15. The van der Waals surface area contributed by atoms with Crippen molar-refractivity contribution in [3.8, 4) is 0 Å². The van der Waals surface area contributed by atoms with Crippen LogP contribution in [0.3, 0.4) is 0 Å². The molecule has 0 amide bonds. The van der Waals surface area contributed by atoms with Gasteiger partial charge in [0.2, 0.25) is 10.8 Å². The number of nitrogens with zero attached hydrogens (tertiary/aromatic N) is 3. The summed E-state index contributed by atoms with van der Waals surface area (Å²) in [5.74, 6) is -0.380. The van der Waals surface area contributed by atoms with Gasteiger partial charge in [-0.15, -0.1) is 0 Å². The average Bonchev–Trinajstić information content (AvgIpc) is 2.53. The predicted molar refractivity (Wildman–Crippen MR) is 85.4 cm³/mol. The van der Waals surface area contributed by atoms with E-state index in [9.17, 15) is 31.7 Å². The molecule has 0 saturated carbocycles. The molecule has 1 heterocycles. The van der Waals surface area contributed by atoms with Gasteiger partial charge in [-0.05, 0) is 18.1 Å². The minimum absolute atomic E-state index is 0.00690. The highest BCUT2D eigenvalue weighted by molar-refractivity contribution is 7.90. The SMILES string of the molecule is CS(=O)(=O)c1ncnc(NCCc2ccccc2C(F)(F)F)c1[N+](=O)[O-]. The zero-order valence-corrected chi connectivity index (χ0v) is 14.1. The molecule has 0 aliphatic heterocycles. The number of anilines is 1. The van der Waals surface area contributed by atoms with E-state index in [0.717, 1.165) is 18.6 Å². The molecule has 1 aromatic heterocycles. The number of rotatable bonds is 6. The third-order valence-corrected chi connectivity index (χ3v) is 4.33. The molecule has 0 saturated heterocycles. The molecule has 0 atom stereocenters. The largest absolute Gasteiger partial charge is 0.416 e. The van der Waals surface area contributed by atoms with Crippen molar-refractivity contribution in [3.05, 3.63) is 51.8 Å². The molecule has 26 heavy (non-hydrogen) atoms. The molecule has 0 unspecified atom stereocenters. The van der Waals surface area contributed by atoms with Crippen molar-refractivity contribution in [2.75, 3.05) is 18.1 Å². The van der Waals surface area contributed by atoms with Crippen molar-refractivity contribution in [3.63, 3.8) is 0 Å². The van der Waals surface area contributed by atoms with Gasteiger partial charge < -0.3 is 5.32 Å². The van der Waals surface area contributed by atoms with Crippen LogP contribution in [0.5, 0.6) is 0 Å². The van der Waals surface area contributed by atoms with Crippen molar-refractivity contribution >= 4 is 21.3 Å². The Hall–Kier alpha value is -2.76. The Morgan fingerprint density at radius 3 is 2.46 bits per heavy atom. The summed E-state index contributed by atoms with van der Waals surface area (Å²) in [6.07, 6.45) is -3.05. The number of hydrogen-bond donors (Lipinski definition) is 1. The first-order valence-corrected chi connectivity index (χ1v) is 8.99. The van der Waals surface area contributed by atoms with E-state index in [4.69, 9.17) is 0 Å². The first kappa shape index (κ1) is 19.6. The second kappa shape index (κ2) is 7.23. The van der Waals surface area contributed by atoms with Gasteiger partial charge in [0.05, 0.1) is 10.5 Å². The molecule has 1 aromatic carbocycles. The molecule has 0 radical (unpaired) electrons. The van der Waals surface area contributed by atoms with Crippen molar-refractivity contribution in [1.29, 1.82) is 0 Å². The third-order valence-electron chi connectivity index (χ3n) is 3.33. The van der Waals surface area contributed by atoms with Gasteiger partial charge in [0, 0.05) is 12.8 Å². The van der Waals surface area contributed by atoms with Crippen LogP contribution in [0.25, 0.3) is 0 Å². The summed E-state index contributed by atoms with van der Waals surface area (Å²) < 4.78 is 62.1. The van der Waals surface area contributed by atoms with Gasteiger partial charge in [0.15, 0.2) is 9.84 Å². The Balaban J connectivity index is 2.26. The second-order valence-electron chi connectivity index (χ2n) is 5.24. The Morgan fingerprint density at radius 1 is 1.23 bits per heavy atom. The normalized spacial score (nSPS) is 12.0. The maximum Gasteiger partial charge on any atom is 0.416 e. The van der Waals surface area contributed by atoms with Gasteiger partial charge >= 0.3 is 11.9 Å². The zero-order valence-electron chi connectivity index (χ0n) is 13.3. The molecule has 0 bridgehead atoms. The van der Waals surface area contributed by atoms with Crippen molar-refractivity contribution < 1.29 is 26.5 Å². The lowest BCUT2D eigenvalue weighted by molar-refractivity contribution is -0.387. The van der Waals surface area contributed by atoms with E-state index < -0.39 is 37.2 Å². The van der Waals surface area contributed by atoms with Crippen LogP contribution >= 0.6 is 0 Å². The number of alkyl halides is 3. The molecule has 2 rings (SSSR count). The molecule has 12 heteroatoms. The van der Waals surface area contributed by atoms with Gasteiger partial charge in [-0.1, -0.05) is 18.2 Å². The van der Waals surface area contributed by atoms with Crippen LogP contribution in [0, 0.1) is 10.1 Å². The fraction of sp³-hybridized carbons (Fsp3) is 0.286. The van der Waals surface area contributed by atoms with Gasteiger partial charge in [-0.25, -0.2) is 18.4 Å². The lowest BCUT2D eigenvalue weighted by atomic mass is 10.0. The first-order chi connectivity index (χ1) is 12.0. The van der Waals surface area contributed by atoms with Crippen molar-refractivity contribution in [1.82, 2.24) is 9.97 Å². The second-order valence-corrected chi connectivity index (χ2v) is 7.17. The third kappa shape index (κ3) is 4.45. The first-order valence-electron chi connectivity index (χ1n) is 7.10. The highest BCUT2D eigenvalue weighted by Crippen LogP contribution is 2.32. The van der Waals surface area contributed by atoms with Gasteiger partial charge in [-0.3, -0.25) is 10.1 Å². The van der Waals surface area contributed by atoms with Gasteiger partial charge in [0.1, 0.15) is 6.33 Å². The molecule has 1 N–H and O–H groups in total. The van der Waals surface area contributed by atoms with Crippen LogP contribution in [0.1, 0.15) is 11.1 Å². The number of nitrogens with one attached hydrogen (secondary N) is 1. The summed E-state index contributed by atoms with van der Waals surface area (Å²) in [6.45, 7) is -0.131. The van der Waals surface area contributed by atoms with E-state index in [1.54, 1.807) is 0 Å². The van der Waals surface area contributed by atoms with Gasteiger partial charge in [0.25, 0.3) is 0 Å². The minimum atomic E-state index is -4.53. The topological polar surface area (TPSA) is 115 Å². The number of nitro groups is 1. The quantitative estimate of drug-likeness (QED) is 0.458. The molecule has 0 aliphatic carbocycles. The summed E-state index contributed by atoms with van der Waals surface area (Å²) in [5.41, 5.74) is -1.66. The number of sulfone groups is 1. The van der Waals surface area contributed by atoms with E-state index in [0.29, 0.717) is 0 Å². The van der Waals surface area contributed by atoms with E-state index >= 15 is 0 Å². The minimum Gasteiger partial charge on any atom is -0.364 e. The maximum absolute atomic E-state index is 13.0. The van der Waals surface area contributed by atoms with Crippen LogP contribution in [-0.2, 0) is 22.4 Å².